The Kier molecular flexibility index (Phi) is 3.63. The number of aliphatic carboxylic acids is 1. The molecule has 2 heterocycles. The number of hydrogen-bond acceptors (Lipinski definition) is 3. The molecular weight excluding hydrogens is 272 g/mol. The van der Waals surface area contributed by atoms with Crippen molar-refractivity contribution in [3.63, 3.8) is 0 Å². The first-order valence-electron chi connectivity index (χ1n) is 7.81. The van der Waals surface area contributed by atoms with Gasteiger partial charge in [0.1, 0.15) is 12.1 Å². The molecule has 2 amide bonds. The van der Waals surface area contributed by atoms with Crippen molar-refractivity contribution >= 4 is 17.8 Å². The lowest BCUT2D eigenvalue weighted by atomic mass is 9.84. The second kappa shape index (κ2) is 5.31. The average molecular weight is 294 g/mol. The zero-order valence-corrected chi connectivity index (χ0v) is 12.3. The lowest BCUT2D eigenvalue weighted by Gasteiger charge is -2.35. The lowest BCUT2D eigenvalue weighted by Crippen LogP contribution is -2.53. The molecule has 3 rings (SSSR count). The van der Waals surface area contributed by atoms with E-state index in [4.69, 9.17) is 0 Å². The molecule has 116 valence electrons. The summed E-state index contributed by atoms with van der Waals surface area (Å²) in [6.07, 6.45) is 5.54. The van der Waals surface area contributed by atoms with E-state index in [2.05, 4.69) is 0 Å². The van der Waals surface area contributed by atoms with Crippen LogP contribution in [0.4, 0.5) is 0 Å². The van der Waals surface area contributed by atoms with Crippen molar-refractivity contribution in [3.05, 3.63) is 0 Å². The van der Waals surface area contributed by atoms with E-state index < -0.39 is 18.1 Å². The van der Waals surface area contributed by atoms with Gasteiger partial charge in [-0.2, -0.15) is 0 Å². The Balaban J connectivity index is 1.84. The van der Waals surface area contributed by atoms with Gasteiger partial charge in [0.15, 0.2) is 0 Å². The molecule has 6 heteroatoms. The Labute approximate surface area is 124 Å². The number of carboxylic acids is 1. The summed E-state index contributed by atoms with van der Waals surface area (Å²) >= 11 is 0. The molecule has 0 aromatic heterocycles. The van der Waals surface area contributed by atoms with Crippen LogP contribution in [0, 0.1) is 5.92 Å². The Hall–Kier alpha value is -1.59. The van der Waals surface area contributed by atoms with Crippen LogP contribution in [0.1, 0.15) is 44.9 Å². The van der Waals surface area contributed by atoms with Crippen molar-refractivity contribution in [2.45, 2.75) is 63.1 Å². The number of amides is 2. The van der Waals surface area contributed by atoms with Crippen LogP contribution in [0.2, 0.25) is 0 Å². The number of carbonyl (C=O) groups is 3. The molecule has 0 spiro atoms. The van der Waals surface area contributed by atoms with Crippen molar-refractivity contribution in [2.24, 2.45) is 5.92 Å². The third kappa shape index (κ3) is 2.30. The summed E-state index contributed by atoms with van der Waals surface area (Å²) < 4.78 is 0. The van der Waals surface area contributed by atoms with Gasteiger partial charge in [-0.05, 0) is 31.6 Å². The minimum absolute atomic E-state index is 0.0281. The molecule has 21 heavy (non-hydrogen) atoms. The first-order valence-corrected chi connectivity index (χ1v) is 7.81. The van der Waals surface area contributed by atoms with Crippen LogP contribution in [0.5, 0.6) is 0 Å². The van der Waals surface area contributed by atoms with Gasteiger partial charge in [0.05, 0.1) is 0 Å². The summed E-state index contributed by atoms with van der Waals surface area (Å²) in [5, 5.41) is 9.47. The molecule has 6 nitrogen and oxygen atoms in total. The number of likely N-dealkylation sites (N-methyl/N-ethyl adjacent to an activating group) is 1. The highest BCUT2D eigenvalue weighted by Gasteiger charge is 2.50. The van der Waals surface area contributed by atoms with Crippen molar-refractivity contribution in [2.75, 3.05) is 7.05 Å². The zero-order valence-electron chi connectivity index (χ0n) is 12.3. The summed E-state index contributed by atoms with van der Waals surface area (Å²) in [5.74, 6) is -0.791. The van der Waals surface area contributed by atoms with E-state index in [0.29, 0.717) is 25.2 Å². The molecule has 0 radical (unpaired) electrons. The monoisotopic (exact) mass is 294 g/mol. The van der Waals surface area contributed by atoms with Crippen molar-refractivity contribution in [1.82, 2.24) is 9.80 Å². The average Bonchev–Trinajstić information content (AvgIpc) is 3.00. The number of fused-ring (bicyclic) bond motifs is 1. The molecule has 0 bridgehead atoms. The molecule has 0 aromatic rings. The van der Waals surface area contributed by atoms with Gasteiger partial charge in [-0.25, -0.2) is 4.79 Å². The number of likely N-dealkylation sites (tertiary alicyclic amines) is 2. The molecular formula is C15H22N2O4. The molecule has 3 aliphatic rings. The van der Waals surface area contributed by atoms with Crippen molar-refractivity contribution in [1.29, 1.82) is 0 Å². The van der Waals surface area contributed by atoms with Gasteiger partial charge in [-0.3, -0.25) is 9.59 Å². The Morgan fingerprint density at radius 1 is 1.14 bits per heavy atom. The largest absolute Gasteiger partial charge is 0.480 e. The second-order valence-corrected chi connectivity index (χ2v) is 6.51. The standard InChI is InChI=1S/C15H22N2O4/c1-16-11(6-7-13(16)18)14(19)17-10-5-3-2-4-9(10)8-12(17)15(20)21/h9-12H,2-8H2,1H3,(H,20,21). The van der Waals surface area contributed by atoms with Crippen LogP contribution in [0.15, 0.2) is 0 Å². The molecule has 1 N–H and O–H groups in total. The molecule has 4 unspecified atom stereocenters. The van der Waals surface area contributed by atoms with Gasteiger partial charge in [-0.15, -0.1) is 0 Å². The van der Waals surface area contributed by atoms with Crippen LogP contribution in [0.3, 0.4) is 0 Å². The fourth-order valence-corrected chi connectivity index (χ4v) is 4.26. The summed E-state index contributed by atoms with van der Waals surface area (Å²) in [6, 6.07) is -1.13. The predicted molar refractivity (Wildman–Crippen MR) is 74.4 cm³/mol. The minimum atomic E-state index is -0.912. The maximum atomic E-state index is 12.8. The summed E-state index contributed by atoms with van der Waals surface area (Å²) in [7, 11) is 1.64. The van der Waals surface area contributed by atoms with Crippen LogP contribution < -0.4 is 0 Å². The van der Waals surface area contributed by atoms with E-state index in [1.54, 1.807) is 11.9 Å². The first-order chi connectivity index (χ1) is 10.0. The topological polar surface area (TPSA) is 77.9 Å². The first kappa shape index (κ1) is 14.4. The summed E-state index contributed by atoms with van der Waals surface area (Å²) in [6.45, 7) is 0. The molecule has 0 aromatic carbocycles. The molecule has 2 aliphatic heterocycles. The number of nitrogens with zero attached hydrogens (tertiary/aromatic N) is 2. The SMILES string of the molecule is CN1C(=O)CCC1C(=O)N1C(C(=O)O)CC2CCCCC21. The smallest absolute Gasteiger partial charge is 0.326 e. The zero-order chi connectivity index (χ0) is 15.1. The van der Waals surface area contributed by atoms with Crippen LogP contribution in [-0.4, -0.2) is 57.9 Å². The Morgan fingerprint density at radius 3 is 2.48 bits per heavy atom. The highest BCUT2D eigenvalue weighted by atomic mass is 16.4. The Bertz CT molecular complexity index is 478. The van der Waals surface area contributed by atoms with Gasteiger partial charge in [0, 0.05) is 19.5 Å². The number of hydrogen-bond donors (Lipinski definition) is 1. The van der Waals surface area contributed by atoms with E-state index in [1.165, 1.54) is 4.90 Å². The fourth-order valence-electron chi connectivity index (χ4n) is 4.26. The molecule has 1 saturated carbocycles. The van der Waals surface area contributed by atoms with E-state index in [0.717, 1.165) is 25.7 Å². The molecule has 2 saturated heterocycles. The number of carbonyl (C=O) groups excluding carboxylic acids is 2. The second-order valence-electron chi connectivity index (χ2n) is 6.51. The highest BCUT2D eigenvalue weighted by Crippen LogP contribution is 2.40. The maximum absolute atomic E-state index is 12.8. The number of rotatable bonds is 2. The quantitative estimate of drug-likeness (QED) is 0.819. The van der Waals surface area contributed by atoms with E-state index in [-0.39, 0.29) is 17.9 Å². The maximum Gasteiger partial charge on any atom is 0.326 e. The third-order valence-electron chi connectivity index (χ3n) is 5.41. The molecule has 4 atom stereocenters. The van der Waals surface area contributed by atoms with Crippen LogP contribution in [-0.2, 0) is 14.4 Å². The van der Waals surface area contributed by atoms with Crippen LogP contribution >= 0.6 is 0 Å². The predicted octanol–water partition coefficient (Wildman–Crippen LogP) is 0.851. The normalized spacial score (nSPS) is 36.0. The van der Waals surface area contributed by atoms with Gasteiger partial charge in [0.25, 0.3) is 0 Å². The van der Waals surface area contributed by atoms with Gasteiger partial charge < -0.3 is 14.9 Å². The van der Waals surface area contributed by atoms with Gasteiger partial charge in [-0.1, -0.05) is 12.8 Å². The Morgan fingerprint density at radius 2 is 1.86 bits per heavy atom. The highest BCUT2D eigenvalue weighted by molar-refractivity contribution is 5.93. The molecule has 1 aliphatic carbocycles. The van der Waals surface area contributed by atoms with Crippen LogP contribution in [0.25, 0.3) is 0 Å². The van der Waals surface area contributed by atoms with Crippen molar-refractivity contribution in [3.8, 4) is 0 Å². The van der Waals surface area contributed by atoms with E-state index >= 15 is 0 Å². The minimum Gasteiger partial charge on any atom is -0.480 e. The van der Waals surface area contributed by atoms with Crippen molar-refractivity contribution < 1.29 is 19.5 Å². The van der Waals surface area contributed by atoms with E-state index in [1.807, 2.05) is 0 Å². The van der Waals surface area contributed by atoms with Gasteiger partial charge in [0.2, 0.25) is 11.8 Å². The summed E-state index contributed by atoms with van der Waals surface area (Å²) in [4.78, 5) is 39.1. The summed E-state index contributed by atoms with van der Waals surface area (Å²) in [5.41, 5.74) is 0. The fraction of sp³-hybridized carbons (Fsp3) is 0.800. The molecule has 3 fully saturated rings. The lowest BCUT2D eigenvalue weighted by molar-refractivity contribution is -0.152. The number of carboxylic acid groups (broad SMARTS) is 1. The van der Waals surface area contributed by atoms with Gasteiger partial charge >= 0.3 is 5.97 Å². The van der Waals surface area contributed by atoms with E-state index in [9.17, 15) is 19.5 Å². The third-order valence-corrected chi connectivity index (χ3v) is 5.41.